The summed E-state index contributed by atoms with van der Waals surface area (Å²) in [4.78, 5) is 11.8. The van der Waals surface area contributed by atoms with Crippen LogP contribution in [0.2, 0.25) is 0 Å². The Morgan fingerprint density at radius 3 is 2.40 bits per heavy atom. The molecular weight excluding hydrogens is 592 g/mol. The van der Waals surface area contributed by atoms with Crippen LogP contribution in [0, 0.1) is 0 Å². The molecule has 6 N–H and O–H groups in total. The fourth-order valence-corrected chi connectivity index (χ4v) is 6.40. The van der Waals surface area contributed by atoms with E-state index in [1.807, 2.05) is 36.4 Å². The number of aliphatic hydroxyl groups excluding tert-OH is 5. The number of hydrogen-bond acceptors (Lipinski definition) is 12. The van der Waals surface area contributed by atoms with Crippen LogP contribution in [0.3, 0.4) is 0 Å². The molecular formula is C32H34O13. The second kappa shape index (κ2) is 12.0. The molecule has 13 nitrogen and oxygen atoms in total. The lowest BCUT2D eigenvalue weighted by atomic mass is 9.83. The van der Waals surface area contributed by atoms with Gasteiger partial charge in [0.15, 0.2) is 23.7 Å². The first kappa shape index (κ1) is 30.9. The number of carboxylic acids is 1. The molecule has 13 heteroatoms. The molecule has 3 aliphatic rings. The Morgan fingerprint density at radius 1 is 1.00 bits per heavy atom. The molecule has 0 aliphatic carbocycles. The molecule has 3 aromatic carbocycles. The maximum Gasteiger partial charge on any atom is 0.335 e. The van der Waals surface area contributed by atoms with Crippen molar-refractivity contribution in [2.45, 2.75) is 48.6 Å². The molecule has 1 saturated heterocycles. The largest absolute Gasteiger partial charge is 0.493 e. The highest BCUT2D eigenvalue weighted by Gasteiger charge is 2.58. The van der Waals surface area contributed by atoms with E-state index < -0.39 is 48.9 Å². The Labute approximate surface area is 257 Å². The van der Waals surface area contributed by atoms with E-state index in [4.69, 9.17) is 28.4 Å². The maximum atomic E-state index is 11.8. The van der Waals surface area contributed by atoms with Crippen LogP contribution < -0.4 is 23.7 Å². The summed E-state index contributed by atoms with van der Waals surface area (Å²) in [6.45, 7) is -0.979. The van der Waals surface area contributed by atoms with Crippen LogP contribution in [0.5, 0.6) is 28.7 Å². The molecule has 0 spiro atoms. The van der Waals surface area contributed by atoms with Gasteiger partial charge in [-0.15, -0.1) is 0 Å². The zero-order valence-corrected chi connectivity index (χ0v) is 24.5. The Kier molecular flexibility index (Phi) is 8.24. The molecule has 1 fully saturated rings. The highest BCUT2D eigenvalue weighted by Crippen LogP contribution is 2.59. The summed E-state index contributed by atoms with van der Waals surface area (Å²) in [6, 6.07) is 14.2. The van der Waals surface area contributed by atoms with Gasteiger partial charge in [-0.05, 0) is 35.2 Å². The Balaban J connectivity index is 1.47. The number of fused-ring (bicyclic) bond motifs is 5. The van der Waals surface area contributed by atoms with Crippen LogP contribution in [-0.4, -0.2) is 101 Å². The fourth-order valence-electron chi connectivity index (χ4n) is 6.40. The zero-order chi connectivity index (χ0) is 32.0. The minimum Gasteiger partial charge on any atom is -0.493 e. The third-order valence-corrected chi connectivity index (χ3v) is 8.53. The number of rotatable bonds is 9. The molecule has 240 valence electrons. The zero-order valence-electron chi connectivity index (χ0n) is 24.5. The van der Waals surface area contributed by atoms with Crippen molar-refractivity contribution in [2.75, 3.05) is 34.0 Å². The quantitative estimate of drug-likeness (QED) is 0.198. The Bertz CT molecular complexity index is 1580. The van der Waals surface area contributed by atoms with E-state index in [1.54, 1.807) is 6.07 Å². The first-order valence-corrected chi connectivity index (χ1v) is 14.3. The normalized spacial score (nSPS) is 28.2. The molecule has 3 aromatic rings. The number of aliphatic hydroxyl groups is 5. The Hall–Kier alpha value is -4.11. The average Bonchev–Trinajstić information content (AvgIpc) is 3.44. The third kappa shape index (κ3) is 5.01. The molecule has 3 heterocycles. The predicted molar refractivity (Wildman–Crippen MR) is 155 cm³/mol. The molecule has 0 bridgehead atoms. The first-order chi connectivity index (χ1) is 21.7. The van der Waals surface area contributed by atoms with Crippen LogP contribution in [-0.2, 0) is 16.0 Å². The SMILES string of the molecule is COc1cc(CCO)c2c(c1OC)O[C@H]1c3c(cc(O[C@]4(CO)O[C@H](C(=O)O)[C@@H](O)[C@H](O)[C@H]4O)cc3-c3ccccc3)OC[C@@H]21. The van der Waals surface area contributed by atoms with Gasteiger partial charge in [0, 0.05) is 23.8 Å². The van der Waals surface area contributed by atoms with Gasteiger partial charge in [-0.3, -0.25) is 0 Å². The number of aliphatic carboxylic acids is 1. The van der Waals surface area contributed by atoms with E-state index in [2.05, 4.69) is 0 Å². The van der Waals surface area contributed by atoms with Gasteiger partial charge in [0.2, 0.25) is 5.75 Å². The maximum absolute atomic E-state index is 11.8. The van der Waals surface area contributed by atoms with Gasteiger partial charge < -0.3 is 59.1 Å². The van der Waals surface area contributed by atoms with Crippen molar-refractivity contribution < 1.29 is 63.9 Å². The highest BCUT2D eigenvalue weighted by molar-refractivity contribution is 5.75. The summed E-state index contributed by atoms with van der Waals surface area (Å²) >= 11 is 0. The summed E-state index contributed by atoms with van der Waals surface area (Å²) in [6.07, 6.45) is -8.20. The van der Waals surface area contributed by atoms with Gasteiger partial charge in [0.25, 0.3) is 5.79 Å². The summed E-state index contributed by atoms with van der Waals surface area (Å²) in [5, 5.41) is 61.2. The predicted octanol–water partition coefficient (Wildman–Crippen LogP) is 1.15. The standard InChI is InChI=1S/C32H34O13/c1-40-21-10-16(8-9-33)22-19-13-42-20-12-17(44-32(14-34)30(37)25(36)24(35)29(45-32)31(38)39)11-18(15-6-4-3-5-7-15)23(20)26(19)43-28(22)27(21)41-2/h3-7,10-12,19,24-26,29-30,33-37H,8-9,13-14H2,1-2H3,(H,38,39)/t19-,24-,25-,26+,29-,30+,32+/m0/s1. The average molecular weight is 627 g/mol. The smallest absolute Gasteiger partial charge is 0.335 e. The Morgan fingerprint density at radius 2 is 1.76 bits per heavy atom. The van der Waals surface area contributed by atoms with E-state index in [1.165, 1.54) is 20.3 Å². The lowest BCUT2D eigenvalue weighted by Crippen LogP contribution is -2.69. The molecule has 6 rings (SSSR count). The molecule has 0 saturated carbocycles. The van der Waals surface area contributed by atoms with Crippen molar-refractivity contribution in [1.29, 1.82) is 0 Å². The first-order valence-electron chi connectivity index (χ1n) is 14.3. The fraction of sp³-hybridized carbons (Fsp3) is 0.406. The van der Waals surface area contributed by atoms with Gasteiger partial charge in [-0.2, -0.15) is 0 Å². The van der Waals surface area contributed by atoms with Crippen LogP contribution in [0.1, 0.15) is 28.7 Å². The van der Waals surface area contributed by atoms with E-state index in [9.17, 15) is 35.4 Å². The van der Waals surface area contributed by atoms with Crippen LogP contribution >= 0.6 is 0 Å². The molecule has 45 heavy (non-hydrogen) atoms. The molecule has 7 atom stereocenters. The molecule has 3 aliphatic heterocycles. The van der Waals surface area contributed by atoms with Crippen LogP contribution in [0.25, 0.3) is 11.1 Å². The van der Waals surface area contributed by atoms with E-state index >= 15 is 0 Å². The second-order valence-corrected chi connectivity index (χ2v) is 11.1. The van der Waals surface area contributed by atoms with Crippen molar-refractivity contribution >= 4 is 5.97 Å². The van der Waals surface area contributed by atoms with Gasteiger partial charge in [0.1, 0.15) is 36.4 Å². The highest BCUT2D eigenvalue weighted by atomic mass is 16.7. The number of carbonyl (C=O) groups is 1. The van der Waals surface area contributed by atoms with E-state index in [0.717, 1.165) is 16.7 Å². The number of carboxylic acid groups (broad SMARTS) is 1. The van der Waals surface area contributed by atoms with Crippen molar-refractivity contribution in [3.63, 3.8) is 0 Å². The van der Waals surface area contributed by atoms with Gasteiger partial charge in [-0.1, -0.05) is 30.3 Å². The molecule has 0 unspecified atom stereocenters. The van der Waals surface area contributed by atoms with Crippen molar-refractivity contribution in [2.24, 2.45) is 0 Å². The number of hydrogen-bond donors (Lipinski definition) is 6. The molecule has 0 amide bonds. The summed E-state index contributed by atoms with van der Waals surface area (Å²) in [5.41, 5.74) is 3.67. The minimum atomic E-state index is -2.44. The number of ether oxygens (including phenoxy) is 6. The van der Waals surface area contributed by atoms with Crippen molar-refractivity contribution in [1.82, 2.24) is 0 Å². The topological polar surface area (TPSA) is 194 Å². The van der Waals surface area contributed by atoms with Crippen molar-refractivity contribution in [3.05, 3.63) is 65.2 Å². The number of methoxy groups -OCH3 is 2. The van der Waals surface area contributed by atoms with Gasteiger partial charge in [0.05, 0.1) is 26.7 Å². The van der Waals surface area contributed by atoms with E-state index in [0.29, 0.717) is 40.5 Å². The van der Waals surface area contributed by atoms with Crippen LogP contribution in [0.4, 0.5) is 0 Å². The minimum absolute atomic E-state index is 0.0163. The van der Waals surface area contributed by atoms with Gasteiger partial charge in [-0.25, -0.2) is 4.79 Å². The lowest BCUT2D eigenvalue weighted by molar-refractivity contribution is -0.338. The van der Waals surface area contributed by atoms with Crippen LogP contribution in [0.15, 0.2) is 48.5 Å². The summed E-state index contributed by atoms with van der Waals surface area (Å²) < 4.78 is 35.6. The van der Waals surface area contributed by atoms with E-state index in [-0.39, 0.29) is 24.9 Å². The summed E-state index contributed by atoms with van der Waals surface area (Å²) in [7, 11) is 3.04. The van der Waals surface area contributed by atoms with Gasteiger partial charge >= 0.3 is 5.97 Å². The molecule has 0 radical (unpaired) electrons. The second-order valence-electron chi connectivity index (χ2n) is 11.1. The molecule has 0 aromatic heterocycles. The monoisotopic (exact) mass is 626 g/mol. The lowest BCUT2D eigenvalue weighted by Gasteiger charge is -2.46. The third-order valence-electron chi connectivity index (χ3n) is 8.53. The number of benzene rings is 3. The van der Waals surface area contributed by atoms with Crippen molar-refractivity contribution in [3.8, 4) is 39.9 Å². The summed E-state index contributed by atoms with van der Waals surface area (Å²) in [5.74, 6) is -2.63.